The van der Waals surface area contributed by atoms with Crippen molar-refractivity contribution in [3.63, 3.8) is 0 Å². The highest BCUT2D eigenvalue weighted by Crippen LogP contribution is 2.28. The molecule has 0 radical (unpaired) electrons. The maximum Gasteiger partial charge on any atom is 0.318 e. The van der Waals surface area contributed by atoms with E-state index in [1.54, 1.807) is 0 Å². The number of alkyl halides is 1. The first-order valence-electron chi connectivity index (χ1n) is 5.53. The fourth-order valence-electron chi connectivity index (χ4n) is 1.98. The molecule has 0 N–H and O–H groups in total. The average molecular weight is 250 g/mol. The van der Waals surface area contributed by atoms with E-state index < -0.39 is 0 Å². The summed E-state index contributed by atoms with van der Waals surface area (Å²) in [5, 5.41) is 7.71. The monoisotopic (exact) mass is 249 g/mol. The topological polar surface area (TPSA) is 42.2 Å². The van der Waals surface area contributed by atoms with Crippen LogP contribution in [0.1, 0.15) is 29.3 Å². The molecule has 3 rings (SSSR count). The van der Waals surface area contributed by atoms with Gasteiger partial charge in [-0.1, -0.05) is 29.4 Å². The van der Waals surface area contributed by atoms with Crippen LogP contribution in [0.4, 0.5) is 6.01 Å². The molecule has 0 saturated heterocycles. The lowest BCUT2D eigenvalue weighted by atomic mass is 10.1. The van der Waals surface area contributed by atoms with Gasteiger partial charge in [-0.25, -0.2) is 0 Å². The zero-order valence-electron chi connectivity index (χ0n) is 9.43. The van der Waals surface area contributed by atoms with Crippen molar-refractivity contribution in [1.82, 2.24) is 10.2 Å². The van der Waals surface area contributed by atoms with Gasteiger partial charge >= 0.3 is 6.01 Å². The normalized spacial score (nSPS) is 16.0. The lowest BCUT2D eigenvalue weighted by Crippen LogP contribution is -2.14. The van der Waals surface area contributed by atoms with Gasteiger partial charge in [-0.3, -0.25) is 0 Å². The van der Waals surface area contributed by atoms with Crippen LogP contribution in [0.15, 0.2) is 28.7 Å². The zero-order valence-corrected chi connectivity index (χ0v) is 10.2. The summed E-state index contributed by atoms with van der Waals surface area (Å²) < 4.78 is 5.53. The number of hydrogen-bond acceptors (Lipinski definition) is 4. The molecule has 5 heteroatoms. The molecular formula is C12H12ClN3O. The van der Waals surface area contributed by atoms with Gasteiger partial charge in [-0.15, -0.1) is 16.7 Å². The molecule has 2 aromatic rings. The van der Waals surface area contributed by atoms with Gasteiger partial charge in [0.1, 0.15) is 5.38 Å². The van der Waals surface area contributed by atoms with Crippen LogP contribution in [0.5, 0.6) is 0 Å². The highest BCUT2D eigenvalue weighted by Gasteiger charge is 2.23. The summed E-state index contributed by atoms with van der Waals surface area (Å²) in [5.74, 6) is 0.470. The van der Waals surface area contributed by atoms with Crippen molar-refractivity contribution in [1.29, 1.82) is 0 Å². The van der Waals surface area contributed by atoms with E-state index in [1.165, 1.54) is 11.1 Å². The quantitative estimate of drug-likeness (QED) is 0.768. The Morgan fingerprint density at radius 3 is 2.41 bits per heavy atom. The van der Waals surface area contributed by atoms with Crippen molar-refractivity contribution >= 4 is 17.6 Å². The molecular weight excluding hydrogens is 238 g/mol. The fraction of sp³-hybridized carbons (Fsp3) is 0.333. The van der Waals surface area contributed by atoms with Gasteiger partial charge in [-0.2, -0.15) is 0 Å². The second-order valence-electron chi connectivity index (χ2n) is 4.16. The van der Waals surface area contributed by atoms with Crippen LogP contribution in [0.3, 0.4) is 0 Å². The first-order valence-corrected chi connectivity index (χ1v) is 5.97. The lowest BCUT2D eigenvalue weighted by molar-refractivity contribution is 0.485. The Kier molecular flexibility index (Phi) is 2.52. The molecule has 0 aliphatic carbocycles. The number of halogens is 1. The second kappa shape index (κ2) is 4.04. The van der Waals surface area contributed by atoms with Gasteiger partial charge < -0.3 is 9.32 Å². The van der Waals surface area contributed by atoms with Gasteiger partial charge in [0, 0.05) is 13.1 Å². The number of nitrogens with zero attached hydrogens (tertiary/aromatic N) is 3. The van der Waals surface area contributed by atoms with Crippen LogP contribution >= 0.6 is 11.6 Å². The summed E-state index contributed by atoms with van der Waals surface area (Å²) in [5.41, 5.74) is 2.62. The van der Waals surface area contributed by atoms with Crippen molar-refractivity contribution in [3.05, 3.63) is 41.3 Å². The minimum Gasteiger partial charge on any atom is -0.406 e. The molecule has 0 spiro atoms. The predicted octanol–water partition coefficient (Wildman–Crippen LogP) is 2.89. The molecule has 88 valence electrons. The number of hydrogen-bond donors (Lipinski definition) is 0. The number of benzene rings is 1. The van der Waals surface area contributed by atoms with E-state index in [0.29, 0.717) is 11.9 Å². The number of rotatable bonds is 2. The Morgan fingerprint density at radius 1 is 1.24 bits per heavy atom. The summed E-state index contributed by atoms with van der Waals surface area (Å²) in [4.78, 5) is 2.06. The Bertz CT molecular complexity index is 513. The molecule has 1 aliphatic rings. The Balaban J connectivity index is 1.84. The standard InChI is InChI=1S/C12H12ClN3O/c1-8(13)11-14-15-12(17-11)16-6-9-4-2-3-5-10(9)7-16/h2-5,8H,6-7H2,1H3. The summed E-state index contributed by atoms with van der Waals surface area (Å²) in [6.07, 6.45) is 0. The first-order chi connectivity index (χ1) is 8.24. The molecule has 1 aromatic heterocycles. The summed E-state index contributed by atoms with van der Waals surface area (Å²) in [7, 11) is 0. The van der Waals surface area contributed by atoms with Crippen molar-refractivity contribution < 1.29 is 4.42 Å². The van der Waals surface area contributed by atoms with Crippen LogP contribution in [0, 0.1) is 0 Å². The molecule has 1 aromatic carbocycles. The minimum absolute atomic E-state index is 0.249. The molecule has 1 aliphatic heterocycles. The Hall–Kier alpha value is -1.55. The average Bonchev–Trinajstić information content (AvgIpc) is 2.95. The van der Waals surface area contributed by atoms with Gasteiger partial charge in [0.25, 0.3) is 0 Å². The smallest absolute Gasteiger partial charge is 0.318 e. The first kappa shape index (κ1) is 10.6. The minimum atomic E-state index is -0.249. The lowest BCUT2D eigenvalue weighted by Gasteiger charge is -2.10. The van der Waals surface area contributed by atoms with Crippen molar-refractivity contribution in [3.8, 4) is 0 Å². The molecule has 17 heavy (non-hydrogen) atoms. The zero-order chi connectivity index (χ0) is 11.8. The third-order valence-electron chi connectivity index (χ3n) is 2.88. The predicted molar refractivity (Wildman–Crippen MR) is 64.9 cm³/mol. The third kappa shape index (κ3) is 1.89. The van der Waals surface area contributed by atoms with E-state index in [0.717, 1.165) is 13.1 Å². The SMILES string of the molecule is CC(Cl)c1nnc(N2Cc3ccccc3C2)o1. The van der Waals surface area contributed by atoms with E-state index in [9.17, 15) is 0 Å². The number of anilines is 1. The summed E-state index contributed by atoms with van der Waals surface area (Å²) in [6.45, 7) is 3.44. The van der Waals surface area contributed by atoms with E-state index in [2.05, 4.69) is 27.2 Å². The molecule has 4 nitrogen and oxygen atoms in total. The van der Waals surface area contributed by atoms with Crippen LogP contribution in [0.25, 0.3) is 0 Å². The Labute approximate surface area is 104 Å². The van der Waals surface area contributed by atoms with E-state index in [1.807, 2.05) is 19.1 Å². The van der Waals surface area contributed by atoms with Crippen molar-refractivity contribution in [2.24, 2.45) is 0 Å². The van der Waals surface area contributed by atoms with Gasteiger partial charge in [0.05, 0.1) is 0 Å². The highest BCUT2D eigenvalue weighted by atomic mass is 35.5. The van der Waals surface area contributed by atoms with Gasteiger partial charge in [-0.05, 0) is 18.1 Å². The molecule has 0 amide bonds. The molecule has 0 saturated carbocycles. The third-order valence-corrected chi connectivity index (χ3v) is 3.07. The molecule has 1 unspecified atom stereocenters. The van der Waals surface area contributed by atoms with Gasteiger partial charge in [0.2, 0.25) is 5.89 Å². The van der Waals surface area contributed by atoms with Crippen LogP contribution in [0.2, 0.25) is 0 Å². The van der Waals surface area contributed by atoms with E-state index >= 15 is 0 Å². The molecule has 2 heterocycles. The largest absolute Gasteiger partial charge is 0.406 e. The van der Waals surface area contributed by atoms with Gasteiger partial charge in [0.15, 0.2) is 0 Å². The molecule has 0 fully saturated rings. The van der Waals surface area contributed by atoms with Crippen LogP contribution in [-0.2, 0) is 13.1 Å². The van der Waals surface area contributed by atoms with E-state index in [-0.39, 0.29) is 5.38 Å². The van der Waals surface area contributed by atoms with E-state index in [4.69, 9.17) is 16.0 Å². The highest BCUT2D eigenvalue weighted by molar-refractivity contribution is 6.20. The molecule has 1 atom stereocenters. The Morgan fingerprint density at radius 2 is 1.88 bits per heavy atom. The van der Waals surface area contributed by atoms with Crippen LogP contribution in [-0.4, -0.2) is 10.2 Å². The summed E-state index contributed by atoms with van der Waals surface area (Å²) in [6, 6.07) is 8.88. The number of fused-ring (bicyclic) bond motifs is 1. The number of aromatic nitrogens is 2. The second-order valence-corrected chi connectivity index (χ2v) is 4.82. The van der Waals surface area contributed by atoms with Crippen molar-refractivity contribution in [2.45, 2.75) is 25.4 Å². The molecule has 0 bridgehead atoms. The maximum absolute atomic E-state index is 5.90. The fourth-order valence-corrected chi connectivity index (χ4v) is 2.07. The van der Waals surface area contributed by atoms with Crippen molar-refractivity contribution in [2.75, 3.05) is 4.90 Å². The summed E-state index contributed by atoms with van der Waals surface area (Å²) >= 11 is 5.90. The maximum atomic E-state index is 5.90. The van der Waals surface area contributed by atoms with Crippen LogP contribution < -0.4 is 4.90 Å².